The minimum Gasteiger partial charge on any atom is -0.368 e. The molecule has 2 aliphatic carbocycles. The number of hydrogen-bond acceptors (Lipinski definition) is 8. The summed E-state index contributed by atoms with van der Waals surface area (Å²) in [5, 5.41) is 11.4. The van der Waals surface area contributed by atoms with Gasteiger partial charge in [-0.3, -0.25) is 29.0 Å². The maximum atomic E-state index is 13.3. The third-order valence-corrected chi connectivity index (χ3v) is 13.9. The molecule has 0 aromatic heterocycles. The van der Waals surface area contributed by atoms with Gasteiger partial charge in [-0.05, 0) is 85.3 Å². The second-order valence-corrected chi connectivity index (χ2v) is 18.3. The van der Waals surface area contributed by atoms with E-state index in [4.69, 9.17) is 11.5 Å². The third kappa shape index (κ3) is 13.7. The minimum atomic E-state index is -0.863. The number of carbonyl (C=O) groups is 6. The van der Waals surface area contributed by atoms with E-state index in [1.165, 1.54) is 48.5 Å². The number of piperazine rings is 2. The van der Waals surface area contributed by atoms with E-state index in [2.05, 4.69) is 31.1 Å². The number of benzene rings is 4. The molecule has 8 N–H and O–H groups in total. The van der Waals surface area contributed by atoms with Crippen LogP contribution in [0.15, 0.2) is 109 Å². The van der Waals surface area contributed by atoms with Crippen LogP contribution in [0.25, 0.3) is 0 Å². The second-order valence-electron chi connectivity index (χ2n) is 18.3. The number of halogens is 2. The monoisotopic (exact) mass is 962 g/mol. The Morgan fingerprint density at radius 2 is 0.786 bits per heavy atom. The Morgan fingerprint density at radius 1 is 0.457 bits per heavy atom. The summed E-state index contributed by atoms with van der Waals surface area (Å²) in [5.74, 6) is -2.67. The number of anilines is 2. The Kier molecular flexibility index (Phi) is 17.9. The first kappa shape index (κ1) is 50.9. The Labute approximate surface area is 407 Å². The average Bonchev–Trinajstić information content (AvgIpc) is 3.39. The molecule has 0 unspecified atom stereocenters. The number of carbonyl (C=O) groups excluding carboxylic acids is 6. The summed E-state index contributed by atoms with van der Waals surface area (Å²) in [6.45, 7) is 4.76. The molecule has 70 heavy (non-hydrogen) atoms. The summed E-state index contributed by atoms with van der Waals surface area (Å²) in [5.41, 5.74) is 13.6. The van der Waals surface area contributed by atoms with E-state index < -0.39 is 23.9 Å². The van der Waals surface area contributed by atoms with Crippen LogP contribution in [0.2, 0.25) is 0 Å². The number of nitrogens with two attached hydrogens (primary N) is 2. The van der Waals surface area contributed by atoms with E-state index in [1.54, 1.807) is 34.1 Å². The van der Waals surface area contributed by atoms with Crippen molar-refractivity contribution in [1.82, 2.24) is 30.2 Å². The summed E-state index contributed by atoms with van der Waals surface area (Å²) in [6, 6.07) is 27.4. The van der Waals surface area contributed by atoms with Crippen molar-refractivity contribution in [2.45, 2.75) is 75.5 Å². The summed E-state index contributed by atoms with van der Waals surface area (Å²) >= 11 is 0. The van der Waals surface area contributed by atoms with E-state index in [9.17, 15) is 37.5 Å². The second kappa shape index (κ2) is 24.6. The number of primary amides is 2. The highest BCUT2D eigenvalue weighted by molar-refractivity contribution is 5.91. The molecular weight excluding hydrogens is 899 g/mol. The Hall–Kier alpha value is -6.92. The molecule has 6 atom stereocenters. The van der Waals surface area contributed by atoms with Crippen molar-refractivity contribution >= 4 is 47.1 Å². The van der Waals surface area contributed by atoms with Crippen LogP contribution >= 0.6 is 0 Å². The normalized spacial score (nSPS) is 21.7. The lowest BCUT2D eigenvalue weighted by atomic mass is 9.82. The molecule has 4 aromatic rings. The van der Waals surface area contributed by atoms with Crippen molar-refractivity contribution in [3.05, 3.63) is 132 Å². The molecule has 8 amide bonds. The van der Waals surface area contributed by atoms with Gasteiger partial charge in [-0.1, -0.05) is 86.3 Å². The highest BCUT2D eigenvalue weighted by Crippen LogP contribution is 2.32. The van der Waals surface area contributed by atoms with Crippen LogP contribution in [0, 0.1) is 23.5 Å². The number of hydrogen-bond donors (Lipinski definition) is 6. The smallest absolute Gasteiger partial charge is 0.321 e. The van der Waals surface area contributed by atoms with Crippen molar-refractivity contribution in [2.75, 3.05) is 63.0 Å². The van der Waals surface area contributed by atoms with E-state index in [0.717, 1.165) is 51.4 Å². The molecule has 18 heteroatoms. The minimum absolute atomic E-state index is 0.0513. The van der Waals surface area contributed by atoms with Crippen molar-refractivity contribution in [3.63, 3.8) is 0 Å². The van der Waals surface area contributed by atoms with Gasteiger partial charge < -0.3 is 42.5 Å². The number of nitrogens with zero attached hydrogens (tertiary/aromatic N) is 4. The zero-order chi connectivity index (χ0) is 49.6. The van der Waals surface area contributed by atoms with Gasteiger partial charge >= 0.3 is 12.1 Å². The first-order valence-corrected chi connectivity index (χ1v) is 24.2. The van der Waals surface area contributed by atoms with Crippen molar-refractivity contribution in [1.29, 1.82) is 0 Å². The SMILES string of the molecule is NC(=O)[C@@H](NC(=O)[C@@H]1CCCC[C@H]1N1CCN(C(=O)Nc2ccc(F)cc2)CC1)c1ccccc1.NC(=O)[C@@H](NC(=O)[C@H]1CCCC[C@@H]1N1CCN(C(=O)Nc2ccc(F)cc2)CC1)c1ccccc1. The Balaban J connectivity index is 0.000000206. The van der Waals surface area contributed by atoms with Gasteiger partial charge in [0.2, 0.25) is 23.6 Å². The molecule has 0 bridgehead atoms. The fraction of sp³-hybridized carbons (Fsp3) is 0.423. The molecule has 16 nitrogen and oxygen atoms in total. The van der Waals surface area contributed by atoms with Crippen LogP contribution in [0.1, 0.15) is 74.6 Å². The molecular formula is C52H64F2N10O6. The van der Waals surface area contributed by atoms with Crippen LogP contribution in [-0.4, -0.2) is 120 Å². The number of urea groups is 2. The highest BCUT2D eigenvalue weighted by atomic mass is 19.1. The summed E-state index contributed by atoms with van der Waals surface area (Å²) in [6.07, 6.45) is 7.29. The number of amides is 8. The van der Waals surface area contributed by atoms with Gasteiger partial charge in [-0.25, -0.2) is 18.4 Å². The van der Waals surface area contributed by atoms with Gasteiger partial charge in [0.25, 0.3) is 0 Å². The van der Waals surface area contributed by atoms with Crippen molar-refractivity contribution in [3.8, 4) is 0 Å². The average molecular weight is 963 g/mol. The topological polar surface area (TPSA) is 216 Å². The molecule has 0 radical (unpaired) electrons. The first-order valence-electron chi connectivity index (χ1n) is 24.2. The summed E-state index contributed by atoms with van der Waals surface area (Å²) < 4.78 is 26.2. The molecule has 4 aromatic carbocycles. The van der Waals surface area contributed by atoms with Gasteiger partial charge in [0.1, 0.15) is 23.7 Å². The third-order valence-electron chi connectivity index (χ3n) is 13.9. The van der Waals surface area contributed by atoms with Crippen LogP contribution < -0.4 is 32.7 Å². The van der Waals surface area contributed by atoms with E-state index in [-0.39, 0.29) is 59.4 Å². The molecule has 4 aliphatic rings. The molecule has 2 saturated carbocycles. The van der Waals surface area contributed by atoms with Crippen molar-refractivity contribution < 1.29 is 37.5 Å². The maximum Gasteiger partial charge on any atom is 0.321 e. The fourth-order valence-corrected chi connectivity index (χ4v) is 10.1. The van der Waals surface area contributed by atoms with Crippen LogP contribution in [0.5, 0.6) is 0 Å². The number of rotatable bonds is 12. The molecule has 4 fully saturated rings. The van der Waals surface area contributed by atoms with Gasteiger partial charge in [0.15, 0.2) is 0 Å². The largest absolute Gasteiger partial charge is 0.368 e. The quantitative estimate of drug-likeness (QED) is 0.103. The Morgan fingerprint density at radius 3 is 1.11 bits per heavy atom. The predicted molar refractivity (Wildman–Crippen MR) is 262 cm³/mol. The number of nitrogens with one attached hydrogen (secondary N) is 4. The lowest BCUT2D eigenvalue weighted by Crippen LogP contribution is -2.57. The molecule has 2 aliphatic heterocycles. The lowest BCUT2D eigenvalue weighted by molar-refractivity contribution is -0.133. The van der Waals surface area contributed by atoms with Crippen LogP contribution in [-0.2, 0) is 19.2 Å². The molecule has 372 valence electrons. The Bertz CT molecular complexity index is 2220. The van der Waals surface area contributed by atoms with E-state index >= 15 is 0 Å². The van der Waals surface area contributed by atoms with Crippen LogP contribution in [0.4, 0.5) is 29.7 Å². The van der Waals surface area contributed by atoms with Gasteiger partial charge in [-0.2, -0.15) is 0 Å². The lowest BCUT2D eigenvalue weighted by Gasteiger charge is -2.43. The van der Waals surface area contributed by atoms with Gasteiger partial charge in [-0.15, -0.1) is 0 Å². The molecule has 2 heterocycles. The first-order chi connectivity index (χ1) is 33.8. The van der Waals surface area contributed by atoms with E-state index in [0.29, 0.717) is 74.9 Å². The van der Waals surface area contributed by atoms with Gasteiger partial charge in [0, 0.05) is 75.8 Å². The summed E-state index contributed by atoms with van der Waals surface area (Å²) in [7, 11) is 0. The van der Waals surface area contributed by atoms with Crippen LogP contribution in [0.3, 0.4) is 0 Å². The maximum absolute atomic E-state index is 13.3. The zero-order valence-corrected chi connectivity index (χ0v) is 39.3. The van der Waals surface area contributed by atoms with Crippen molar-refractivity contribution in [2.24, 2.45) is 23.3 Å². The molecule has 0 spiro atoms. The fourth-order valence-electron chi connectivity index (χ4n) is 10.1. The van der Waals surface area contributed by atoms with E-state index in [1.807, 2.05) is 36.4 Å². The predicted octanol–water partition coefficient (Wildman–Crippen LogP) is 5.75. The zero-order valence-electron chi connectivity index (χ0n) is 39.3. The molecule has 2 saturated heterocycles. The standard InChI is InChI=1S/2C26H32FN5O3/c2*27-19-10-12-20(13-11-19)29-26(35)32-16-14-31(15-17-32)22-9-5-4-8-21(22)25(34)30-23(24(28)33)18-6-2-1-3-7-18/h2*1-3,6-7,10-13,21-23H,4-5,8-9,14-17H2,(H2,28,33)(H,29,35)(H,30,34)/t21-,22-,23+;21-,22-,23-/m10/s1. The van der Waals surface area contributed by atoms with Gasteiger partial charge in [0.05, 0.1) is 11.8 Å². The molecule has 8 rings (SSSR count). The summed E-state index contributed by atoms with van der Waals surface area (Å²) in [4.78, 5) is 84.0. The highest BCUT2D eigenvalue weighted by Gasteiger charge is 2.40.